The third-order valence-electron chi connectivity index (χ3n) is 4.86. The van der Waals surface area contributed by atoms with Crippen LogP contribution in [0.1, 0.15) is 18.2 Å². The van der Waals surface area contributed by atoms with Gasteiger partial charge in [0.2, 0.25) is 5.91 Å². The normalized spacial score (nSPS) is 17.0. The van der Waals surface area contributed by atoms with Gasteiger partial charge in [0, 0.05) is 25.4 Å². The van der Waals surface area contributed by atoms with Crippen LogP contribution in [0, 0.1) is 0 Å². The molecule has 5 heteroatoms. The van der Waals surface area contributed by atoms with Crippen molar-refractivity contribution < 1.29 is 9.53 Å². The van der Waals surface area contributed by atoms with Gasteiger partial charge < -0.3 is 14.2 Å². The molecule has 0 aliphatic carbocycles. The van der Waals surface area contributed by atoms with Crippen molar-refractivity contribution >= 4 is 22.6 Å². The highest BCUT2D eigenvalue weighted by Crippen LogP contribution is 2.36. The first kappa shape index (κ1) is 16.4. The standard InChI is InChI=1S/C21H21N3O2/c1-3-12-23-17-9-5-4-8-16(17)22-21(23)15-13-20(25)24(14-15)18-10-6-7-11-19(18)26-2/h3-11,15H,1,12-14H2,2H3/t15-/m1/s1. The van der Waals surface area contributed by atoms with Crippen molar-refractivity contribution in [2.75, 3.05) is 18.6 Å². The lowest BCUT2D eigenvalue weighted by Gasteiger charge is -2.19. The molecule has 1 aromatic heterocycles. The molecule has 3 aromatic rings. The number of aromatic nitrogens is 2. The molecule has 0 spiro atoms. The SMILES string of the molecule is C=CCn1c([C@@H]2CC(=O)N(c3ccccc3OC)C2)nc2ccccc21. The topological polar surface area (TPSA) is 47.4 Å². The number of allylic oxidation sites excluding steroid dienone is 1. The molecule has 1 atom stereocenters. The van der Waals surface area contributed by atoms with Crippen molar-refractivity contribution in [1.82, 2.24) is 9.55 Å². The number of hydrogen-bond acceptors (Lipinski definition) is 3. The van der Waals surface area contributed by atoms with Crippen molar-refractivity contribution in [3.8, 4) is 5.75 Å². The number of hydrogen-bond donors (Lipinski definition) is 0. The molecule has 1 saturated heterocycles. The fraction of sp³-hybridized carbons (Fsp3) is 0.238. The van der Waals surface area contributed by atoms with Gasteiger partial charge in [-0.15, -0.1) is 6.58 Å². The molecule has 1 aliphatic heterocycles. The van der Waals surface area contributed by atoms with Crippen LogP contribution in [-0.4, -0.2) is 29.1 Å². The average Bonchev–Trinajstić information content (AvgIpc) is 3.23. The van der Waals surface area contributed by atoms with Gasteiger partial charge in [-0.3, -0.25) is 4.79 Å². The third-order valence-corrected chi connectivity index (χ3v) is 4.86. The number of ether oxygens (including phenoxy) is 1. The molecule has 0 N–H and O–H groups in total. The molecule has 4 rings (SSSR count). The lowest BCUT2D eigenvalue weighted by molar-refractivity contribution is -0.117. The van der Waals surface area contributed by atoms with Gasteiger partial charge in [0.15, 0.2) is 0 Å². The predicted molar refractivity (Wildman–Crippen MR) is 103 cm³/mol. The summed E-state index contributed by atoms with van der Waals surface area (Å²) in [4.78, 5) is 19.4. The quantitative estimate of drug-likeness (QED) is 0.661. The molecule has 0 saturated carbocycles. The van der Waals surface area contributed by atoms with E-state index in [4.69, 9.17) is 9.72 Å². The molecule has 132 valence electrons. The number of benzene rings is 2. The molecular formula is C21H21N3O2. The highest BCUT2D eigenvalue weighted by Gasteiger charge is 2.35. The van der Waals surface area contributed by atoms with E-state index in [1.807, 2.05) is 48.5 Å². The Labute approximate surface area is 152 Å². The number of anilines is 1. The Morgan fingerprint density at radius 1 is 1.23 bits per heavy atom. The van der Waals surface area contributed by atoms with E-state index in [9.17, 15) is 4.79 Å². The van der Waals surface area contributed by atoms with Gasteiger partial charge >= 0.3 is 0 Å². The molecule has 2 aromatic carbocycles. The number of carbonyl (C=O) groups excluding carboxylic acids is 1. The summed E-state index contributed by atoms with van der Waals surface area (Å²) in [5.41, 5.74) is 2.84. The first-order chi connectivity index (χ1) is 12.7. The molecule has 26 heavy (non-hydrogen) atoms. The molecule has 1 amide bonds. The van der Waals surface area contributed by atoms with Gasteiger partial charge in [0.25, 0.3) is 0 Å². The summed E-state index contributed by atoms with van der Waals surface area (Å²) in [6, 6.07) is 15.7. The minimum absolute atomic E-state index is 0.0414. The number of para-hydroxylation sites is 4. The van der Waals surface area contributed by atoms with Crippen molar-refractivity contribution in [3.63, 3.8) is 0 Å². The van der Waals surface area contributed by atoms with Crippen LogP contribution in [0.5, 0.6) is 5.75 Å². The summed E-state index contributed by atoms with van der Waals surface area (Å²) < 4.78 is 7.59. The Bertz CT molecular complexity index is 976. The van der Waals surface area contributed by atoms with Crippen molar-refractivity contribution in [2.45, 2.75) is 18.9 Å². The number of methoxy groups -OCH3 is 1. The minimum atomic E-state index is 0.0414. The summed E-state index contributed by atoms with van der Waals surface area (Å²) in [6.45, 7) is 5.14. The third kappa shape index (κ3) is 2.65. The van der Waals surface area contributed by atoms with Gasteiger partial charge in [-0.1, -0.05) is 30.3 Å². The molecule has 0 radical (unpaired) electrons. The van der Waals surface area contributed by atoms with Gasteiger partial charge in [-0.25, -0.2) is 4.98 Å². The van der Waals surface area contributed by atoms with Crippen LogP contribution in [0.2, 0.25) is 0 Å². The lowest BCUT2D eigenvalue weighted by atomic mass is 10.1. The minimum Gasteiger partial charge on any atom is -0.495 e. The van der Waals surface area contributed by atoms with E-state index < -0.39 is 0 Å². The van der Waals surface area contributed by atoms with E-state index in [0.29, 0.717) is 25.3 Å². The summed E-state index contributed by atoms with van der Waals surface area (Å²) in [5.74, 6) is 1.79. The molecular weight excluding hydrogens is 326 g/mol. The van der Waals surface area contributed by atoms with E-state index in [-0.39, 0.29) is 11.8 Å². The lowest BCUT2D eigenvalue weighted by Crippen LogP contribution is -2.25. The first-order valence-electron chi connectivity index (χ1n) is 8.72. The van der Waals surface area contributed by atoms with Crippen LogP contribution < -0.4 is 9.64 Å². The molecule has 1 aliphatic rings. The smallest absolute Gasteiger partial charge is 0.227 e. The monoisotopic (exact) mass is 347 g/mol. The van der Waals surface area contributed by atoms with Crippen LogP contribution >= 0.6 is 0 Å². The summed E-state index contributed by atoms with van der Waals surface area (Å²) in [5, 5.41) is 0. The zero-order chi connectivity index (χ0) is 18.1. The van der Waals surface area contributed by atoms with E-state index in [1.54, 1.807) is 12.0 Å². The second-order valence-electron chi connectivity index (χ2n) is 6.44. The van der Waals surface area contributed by atoms with Gasteiger partial charge in [0.1, 0.15) is 11.6 Å². The number of amides is 1. The molecule has 1 fully saturated rings. The average molecular weight is 347 g/mol. The van der Waals surface area contributed by atoms with Crippen LogP contribution in [0.25, 0.3) is 11.0 Å². The number of nitrogens with zero attached hydrogens (tertiary/aromatic N) is 3. The van der Waals surface area contributed by atoms with Crippen LogP contribution in [-0.2, 0) is 11.3 Å². The number of carbonyl (C=O) groups is 1. The Morgan fingerprint density at radius 3 is 2.81 bits per heavy atom. The van der Waals surface area contributed by atoms with E-state index >= 15 is 0 Å². The maximum Gasteiger partial charge on any atom is 0.227 e. The molecule has 5 nitrogen and oxygen atoms in total. The summed E-state index contributed by atoms with van der Waals surface area (Å²) in [6.07, 6.45) is 2.31. The second kappa shape index (κ2) is 6.67. The highest BCUT2D eigenvalue weighted by molar-refractivity contribution is 5.97. The maximum atomic E-state index is 12.7. The summed E-state index contributed by atoms with van der Waals surface area (Å²) in [7, 11) is 1.63. The Kier molecular flexibility index (Phi) is 4.21. The Balaban J connectivity index is 1.72. The fourth-order valence-electron chi connectivity index (χ4n) is 3.69. The maximum absolute atomic E-state index is 12.7. The number of fused-ring (bicyclic) bond motifs is 1. The van der Waals surface area contributed by atoms with E-state index in [0.717, 1.165) is 22.5 Å². The zero-order valence-corrected chi connectivity index (χ0v) is 14.8. The van der Waals surface area contributed by atoms with E-state index in [2.05, 4.69) is 17.2 Å². The largest absolute Gasteiger partial charge is 0.495 e. The number of imidazole rings is 1. The van der Waals surface area contributed by atoms with Crippen molar-refractivity contribution in [2.24, 2.45) is 0 Å². The zero-order valence-electron chi connectivity index (χ0n) is 14.8. The Morgan fingerprint density at radius 2 is 2.00 bits per heavy atom. The molecule has 2 heterocycles. The van der Waals surface area contributed by atoms with Crippen molar-refractivity contribution in [1.29, 1.82) is 0 Å². The van der Waals surface area contributed by atoms with Crippen molar-refractivity contribution in [3.05, 3.63) is 67.0 Å². The van der Waals surface area contributed by atoms with Gasteiger partial charge in [-0.05, 0) is 24.3 Å². The number of rotatable bonds is 5. The van der Waals surface area contributed by atoms with E-state index in [1.165, 1.54) is 0 Å². The predicted octanol–water partition coefficient (Wildman–Crippen LogP) is 3.75. The van der Waals surface area contributed by atoms with Gasteiger partial charge in [0.05, 0.1) is 23.8 Å². The highest BCUT2D eigenvalue weighted by atomic mass is 16.5. The molecule has 0 bridgehead atoms. The Hall–Kier alpha value is -3.08. The second-order valence-corrected chi connectivity index (χ2v) is 6.44. The van der Waals surface area contributed by atoms with Crippen LogP contribution in [0.4, 0.5) is 5.69 Å². The van der Waals surface area contributed by atoms with Crippen LogP contribution in [0.15, 0.2) is 61.2 Å². The van der Waals surface area contributed by atoms with Crippen LogP contribution in [0.3, 0.4) is 0 Å². The first-order valence-corrected chi connectivity index (χ1v) is 8.72. The molecule has 0 unspecified atom stereocenters. The fourth-order valence-corrected chi connectivity index (χ4v) is 3.69. The van der Waals surface area contributed by atoms with Gasteiger partial charge in [-0.2, -0.15) is 0 Å². The summed E-state index contributed by atoms with van der Waals surface area (Å²) >= 11 is 0.